The van der Waals surface area contributed by atoms with Crippen LogP contribution in [0.2, 0.25) is 0 Å². The summed E-state index contributed by atoms with van der Waals surface area (Å²) in [7, 11) is 1.81. The Morgan fingerprint density at radius 1 is 1.37 bits per heavy atom. The molecule has 1 N–H and O–H groups in total. The molecule has 1 saturated heterocycles. The third-order valence-electron chi connectivity index (χ3n) is 5.44. The first-order valence-electron chi connectivity index (χ1n) is 10.2. The number of nitrogens with zero attached hydrogens (tertiary/aromatic N) is 3. The van der Waals surface area contributed by atoms with E-state index in [1.807, 2.05) is 26.0 Å². The van der Waals surface area contributed by atoms with Gasteiger partial charge in [-0.1, -0.05) is 13.3 Å². The van der Waals surface area contributed by atoms with Crippen LogP contribution in [0.5, 0.6) is 5.75 Å². The molecule has 1 aromatic carbocycles. The van der Waals surface area contributed by atoms with Gasteiger partial charge in [0.15, 0.2) is 0 Å². The number of rotatable bonds is 7. The highest BCUT2D eigenvalue weighted by Crippen LogP contribution is 2.36. The topological polar surface area (TPSA) is 47.8 Å². The molecule has 0 spiro atoms. The Labute approximate surface area is 163 Å². The first-order valence-corrected chi connectivity index (χ1v) is 10.2. The van der Waals surface area contributed by atoms with Gasteiger partial charge in [0.25, 0.3) is 0 Å². The normalized spacial score (nSPS) is 22.1. The molecule has 0 radical (unpaired) electrons. The number of carbonyl (C=O) groups excluding carboxylic acids is 1. The number of anilines is 2. The summed E-state index contributed by atoms with van der Waals surface area (Å²) in [6.45, 7) is 12.3. The van der Waals surface area contributed by atoms with Gasteiger partial charge in [-0.25, -0.2) is 4.79 Å². The highest BCUT2D eigenvalue weighted by molar-refractivity contribution is 5.92. The number of hydrogen-bond donors (Lipinski definition) is 1. The van der Waals surface area contributed by atoms with Crippen molar-refractivity contribution in [1.29, 1.82) is 0 Å². The van der Waals surface area contributed by atoms with E-state index in [4.69, 9.17) is 4.74 Å². The Hall–Kier alpha value is -1.95. The van der Waals surface area contributed by atoms with Crippen LogP contribution in [0.3, 0.4) is 0 Å². The molecular weight excluding hydrogens is 340 g/mol. The molecule has 6 nitrogen and oxygen atoms in total. The second-order valence-electron chi connectivity index (χ2n) is 8.10. The summed E-state index contributed by atoms with van der Waals surface area (Å²) in [5.74, 6) is 0.908. The van der Waals surface area contributed by atoms with Gasteiger partial charge in [-0.05, 0) is 45.4 Å². The van der Waals surface area contributed by atoms with E-state index in [2.05, 4.69) is 35.0 Å². The summed E-state index contributed by atoms with van der Waals surface area (Å²) in [6, 6.07) is 7.33. The number of ether oxygens (including phenoxy) is 1. The van der Waals surface area contributed by atoms with Gasteiger partial charge in [-0.15, -0.1) is 0 Å². The third kappa shape index (κ3) is 4.67. The van der Waals surface area contributed by atoms with Crippen molar-refractivity contribution < 1.29 is 9.53 Å². The predicted octanol–water partition coefficient (Wildman–Crippen LogP) is 3.31. The van der Waals surface area contributed by atoms with Crippen LogP contribution < -0.4 is 19.9 Å². The molecule has 0 saturated carbocycles. The van der Waals surface area contributed by atoms with E-state index in [1.165, 1.54) is 19.4 Å². The van der Waals surface area contributed by atoms with E-state index in [1.54, 1.807) is 11.9 Å². The minimum absolute atomic E-state index is 0.0897. The summed E-state index contributed by atoms with van der Waals surface area (Å²) >= 11 is 0. The van der Waals surface area contributed by atoms with Crippen LogP contribution in [0.1, 0.15) is 40.5 Å². The van der Waals surface area contributed by atoms with Gasteiger partial charge in [-0.2, -0.15) is 0 Å². The molecule has 27 heavy (non-hydrogen) atoms. The molecule has 2 aliphatic rings. The number of benzene rings is 1. The smallest absolute Gasteiger partial charge is 0.321 e. The lowest BCUT2D eigenvalue weighted by atomic mass is 10.1. The molecule has 2 aliphatic heterocycles. The van der Waals surface area contributed by atoms with Crippen molar-refractivity contribution in [3.63, 3.8) is 0 Å². The number of amides is 2. The number of hydrogen-bond acceptors (Lipinski definition) is 4. The molecule has 1 aromatic rings. The van der Waals surface area contributed by atoms with Gasteiger partial charge >= 0.3 is 6.03 Å². The summed E-state index contributed by atoms with van der Waals surface area (Å²) in [6.07, 6.45) is 2.55. The molecule has 1 fully saturated rings. The molecule has 3 atom stereocenters. The Balaban J connectivity index is 1.71. The summed E-state index contributed by atoms with van der Waals surface area (Å²) in [5.41, 5.74) is 1.97. The van der Waals surface area contributed by atoms with E-state index in [-0.39, 0.29) is 12.1 Å². The fourth-order valence-electron chi connectivity index (χ4n) is 3.87. The average molecular weight is 375 g/mol. The van der Waals surface area contributed by atoms with Crippen molar-refractivity contribution in [2.45, 2.75) is 58.7 Å². The standard InChI is InChI=1S/C21H34N4O2/c1-6-7-18-14-25(18)16(4)13-24-10-11-27-20-9-8-17(12-19(20)24)23(5)21(26)22-15(2)3/h8-9,12,15-16,18H,6-7,10-11,13-14H2,1-5H3,(H,22,26). The van der Waals surface area contributed by atoms with E-state index in [0.717, 1.165) is 36.3 Å². The van der Waals surface area contributed by atoms with Crippen LogP contribution in [0.15, 0.2) is 18.2 Å². The molecule has 0 aliphatic carbocycles. The zero-order valence-electron chi connectivity index (χ0n) is 17.4. The second-order valence-corrected chi connectivity index (χ2v) is 8.10. The van der Waals surface area contributed by atoms with Gasteiger partial charge in [-0.3, -0.25) is 9.80 Å². The number of fused-ring (bicyclic) bond motifs is 1. The first kappa shape index (κ1) is 19.8. The molecular formula is C21H34N4O2. The molecule has 3 unspecified atom stereocenters. The zero-order valence-corrected chi connectivity index (χ0v) is 17.4. The van der Waals surface area contributed by atoms with Gasteiger partial charge in [0.2, 0.25) is 0 Å². The van der Waals surface area contributed by atoms with Crippen LogP contribution >= 0.6 is 0 Å². The second kappa shape index (κ2) is 8.38. The maximum absolute atomic E-state index is 12.3. The maximum atomic E-state index is 12.3. The highest BCUT2D eigenvalue weighted by atomic mass is 16.5. The lowest BCUT2D eigenvalue weighted by Gasteiger charge is -2.34. The fraction of sp³-hybridized carbons (Fsp3) is 0.667. The SMILES string of the molecule is CCCC1CN1C(C)CN1CCOc2ccc(N(C)C(=O)NC(C)C)cc21. The van der Waals surface area contributed by atoms with Crippen LogP contribution in [0.25, 0.3) is 0 Å². The number of urea groups is 1. The lowest BCUT2D eigenvalue weighted by Crippen LogP contribution is -2.42. The van der Waals surface area contributed by atoms with Crippen molar-refractivity contribution in [1.82, 2.24) is 10.2 Å². The molecule has 0 aromatic heterocycles. The maximum Gasteiger partial charge on any atom is 0.321 e. The van der Waals surface area contributed by atoms with Crippen LogP contribution in [-0.2, 0) is 0 Å². The summed E-state index contributed by atoms with van der Waals surface area (Å²) in [5, 5.41) is 2.94. The molecule has 2 amide bonds. The third-order valence-corrected chi connectivity index (χ3v) is 5.44. The predicted molar refractivity (Wildman–Crippen MR) is 111 cm³/mol. The minimum Gasteiger partial charge on any atom is -0.490 e. The van der Waals surface area contributed by atoms with Crippen molar-refractivity contribution in [3.8, 4) is 5.75 Å². The summed E-state index contributed by atoms with van der Waals surface area (Å²) in [4.78, 5) is 19.0. The van der Waals surface area contributed by atoms with Gasteiger partial charge in [0, 0.05) is 44.0 Å². The highest BCUT2D eigenvalue weighted by Gasteiger charge is 2.37. The molecule has 3 rings (SSSR count). The Morgan fingerprint density at radius 3 is 2.85 bits per heavy atom. The fourth-order valence-corrected chi connectivity index (χ4v) is 3.87. The molecule has 2 heterocycles. The van der Waals surface area contributed by atoms with E-state index >= 15 is 0 Å². The quantitative estimate of drug-likeness (QED) is 0.744. The Bertz CT molecular complexity index is 664. The van der Waals surface area contributed by atoms with E-state index in [9.17, 15) is 4.79 Å². The number of carbonyl (C=O) groups is 1. The van der Waals surface area contributed by atoms with Gasteiger partial charge in [0.1, 0.15) is 12.4 Å². The van der Waals surface area contributed by atoms with Crippen molar-refractivity contribution >= 4 is 17.4 Å². The Kier molecular flexibility index (Phi) is 6.15. The summed E-state index contributed by atoms with van der Waals surface area (Å²) < 4.78 is 5.86. The molecule has 150 valence electrons. The van der Waals surface area contributed by atoms with Crippen LogP contribution in [0, 0.1) is 0 Å². The van der Waals surface area contributed by atoms with Crippen molar-refractivity contribution in [3.05, 3.63) is 18.2 Å². The van der Waals surface area contributed by atoms with Crippen LogP contribution in [0.4, 0.5) is 16.2 Å². The van der Waals surface area contributed by atoms with Gasteiger partial charge < -0.3 is 15.0 Å². The van der Waals surface area contributed by atoms with E-state index < -0.39 is 0 Å². The van der Waals surface area contributed by atoms with Gasteiger partial charge in [0.05, 0.1) is 12.2 Å². The molecule has 6 heteroatoms. The van der Waals surface area contributed by atoms with Crippen molar-refractivity contribution in [2.24, 2.45) is 0 Å². The minimum atomic E-state index is -0.0897. The van der Waals surface area contributed by atoms with Crippen LogP contribution in [-0.4, -0.2) is 62.3 Å². The van der Waals surface area contributed by atoms with Crippen molar-refractivity contribution in [2.75, 3.05) is 43.1 Å². The first-order chi connectivity index (χ1) is 12.9. The zero-order chi connectivity index (χ0) is 19.6. The van der Waals surface area contributed by atoms with E-state index in [0.29, 0.717) is 12.6 Å². The average Bonchev–Trinajstić information content (AvgIpc) is 3.40. The number of nitrogens with one attached hydrogen (secondary N) is 1. The monoisotopic (exact) mass is 374 g/mol. The lowest BCUT2D eigenvalue weighted by molar-refractivity contribution is 0.245. The Morgan fingerprint density at radius 2 is 2.15 bits per heavy atom. The molecule has 0 bridgehead atoms. The largest absolute Gasteiger partial charge is 0.490 e.